The highest BCUT2D eigenvalue weighted by atomic mass is 35.5. The number of nitrogens with zero attached hydrogens (tertiary/aromatic N) is 2. The number of amides is 1. The summed E-state index contributed by atoms with van der Waals surface area (Å²) in [6.45, 7) is 3.67. The van der Waals surface area contributed by atoms with Gasteiger partial charge in [0.2, 0.25) is 10.0 Å². The number of methoxy groups -OCH3 is 1. The molecule has 4 rings (SSSR count). The standard InChI is InChI=1S/C25H31ClN2O4S/c1-18-6-4-12-27(17-18)33(30,31)24-16-20(10-11-23(24)26)25(29)28-13-5-8-21(28)14-19-7-3-9-22(15-19)32-2/h3,7,9-11,15-16,18,21H,4-6,8,12-14,17H2,1-2H3. The van der Waals surface area contributed by atoms with Crippen LogP contribution in [0.5, 0.6) is 5.75 Å². The van der Waals surface area contributed by atoms with Crippen molar-refractivity contribution in [2.45, 2.75) is 50.0 Å². The molecule has 33 heavy (non-hydrogen) atoms. The van der Waals surface area contributed by atoms with E-state index in [0.717, 1.165) is 43.4 Å². The Hall–Kier alpha value is -2.09. The molecule has 2 saturated heterocycles. The molecule has 2 atom stereocenters. The molecule has 2 aromatic carbocycles. The first-order chi connectivity index (χ1) is 15.8. The second-order valence-corrected chi connectivity index (χ2v) is 11.4. The van der Waals surface area contributed by atoms with Crippen molar-refractivity contribution in [2.24, 2.45) is 5.92 Å². The van der Waals surface area contributed by atoms with Crippen molar-refractivity contribution in [3.63, 3.8) is 0 Å². The van der Waals surface area contributed by atoms with Crippen LogP contribution in [0.25, 0.3) is 0 Å². The summed E-state index contributed by atoms with van der Waals surface area (Å²) in [5.41, 5.74) is 1.47. The lowest BCUT2D eigenvalue weighted by Crippen LogP contribution is -2.39. The van der Waals surface area contributed by atoms with E-state index < -0.39 is 10.0 Å². The summed E-state index contributed by atoms with van der Waals surface area (Å²) in [6.07, 6.45) is 4.41. The van der Waals surface area contributed by atoms with Gasteiger partial charge in [-0.05, 0) is 73.9 Å². The molecular weight excluding hydrogens is 460 g/mol. The first-order valence-electron chi connectivity index (χ1n) is 11.5. The number of rotatable bonds is 6. The maximum absolute atomic E-state index is 13.4. The van der Waals surface area contributed by atoms with Crippen LogP contribution in [0.1, 0.15) is 48.5 Å². The average Bonchev–Trinajstić information content (AvgIpc) is 3.27. The maximum Gasteiger partial charge on any atom is 0.254 e. The zero-order valence-corrected chi connectivity index (χ0v) is 20.7. The molecule has 8 heteroatoms. The molecule has 0 radical (unpaired) electrons. The van der Waals surface area contributed by atoms with Crippen LogP contribution in [0.3, 0.4) is 0 Å². The quantitative estimate of drug-likeness (QED) is 0.592. The van der Waals surface area contributed by atoms with Crippen LogP contribution in [0.4, 0.5) is 0 Å². The van der Waals surface area contributed by atoms with Crippen LogP contribution in [0.15, 0.2) is 47.4 Å². The monoisotopic (exact) mass is 490 g/mol. The average molecular weight is 491 g/mol. The first kappa shape index (κ1) is 24.0. The smallest absolute Gasteiger partial charge is 0.254 e. The molecule has 0 saturated carbocycles. The van der Waals surface area contributed by atoms with Crippen molar-refractivity contribution in [1.29, 1.82) is 0 Å². The number of halogens is 1. The molecule has 1 amide bonds. The van der Waals surface area contributed by atoms with E-state index in [9.17, 15) is 13.2 Å². The third-order valence-electron chi connectivity index (χ3n) is 6.66. The van der Waals surface area contributed by atoms with Gasteiger partial charge in [0.15, 0.2) is 0 Å². The van der Waals surface area contributed by atoms with Crippen LogP contribution < -0.4 is 4.74 Å². The number of sulfonamides is 1. The Balaban J connectivity index is 1.56. The minimum atomic E-state index is -3.76. The third kappa shape index (κ3) is 5.20. The summed E-state index contributed by atoms with van der Waals surface area (Å²) in [5, 5.41) is 0.152. The van der Waals surface area contributed by atoms with Crippen LogP contribution in [0.2, 0.25) is 5.02 Å². The normalized spacial score (nSPS) is 21.8. The number of carbonyl (C=O) groups excluding carboxylic acids is 1. The molecule has 2 fully saturated rings. The lowest BCUT2D eigenvalue weighted by atomic mass is 10.0. The van der Waals surface area contributed by atoms with Gasteiger partial charge in [0.05, 0.1) is 12.1 Å². The second-order valence-electron chi connectivity index (χ2n) is 9.11. The van der Waals surface area contributed by atoms with Crippen LogP contribution >= 0.6 is 11.6 Å². The fraction of sp³-hybridized carbons (Fsp3) is 0.480. The van der Waals surface area contributed by atoms with Gasteiger partial charge in [0.1, 0.15) is 10.6 Å². The third-order valence-corrected chi connectivity index (χ3v) is 9.01. The molecule has 178 valence electrons. The van der Waals surface area contributed by atoms with Gasteiger partial charge in [-0.3, -0.25) is 4.79 Å². The molecule has 2 heterocycles. The van der Waals surface area contributed by atoms with E-state index >= 15 is 0 Å². The summed E-state index contributed by atoms with van der Waals surface area (Å²) in [7, 11) is -2.12. The van der Waals surface area contributed by atoms with Crippen molar-refractivity contribution >= 4 is 27.5 Å². The Labute approximate surface area is 201 Å². The van der Waals surface area contributed by atoms with Crippen LogP contribution in [0, 0.1) is 5.92 Å². The van der Waals surface area contributed by atoms with Crippen LogP contribution in [-0.2, 0) is 16.4 Å². The summed E-state index contributed by atoms with van der Waals surface area (Å²) in [6, 6.07) is 12.6. The van der Waals surface area contributed by atoms with Crippen molar-refractivity contribution in [3.8, 4) is 5.75 Å². The molecule has 2 aliphatic heterocycles. The molecule has 2 aliphatic rings. The molecule has 0 bridgehead atoms. The van der Waals surface area contributed by atoms with Crippen molar-refractivity contribution < 1.29 is 17.9 Å². The fourth-order valence-electron chi connectivity index (χ4n) is 4.89. The molecule has 2 unspecified atom stereocenters. The first-order valence-corrected chi connectivity index (χ1v) is 13.3. The number of carbonyl (C=O) groups is 1. The number of benzene rings is 2. The summed E-state index contributed by atoms with van der Waals surface area (Å²) < 4.78 is 33.5. The molecule has 0 aromatic heterocycles. The molecule has 2 aromatic rings. The predicted octanol–water partition coefficient (Wildman–Crippen LogP) is 4.62. The highest BCUT2D eigenvalue weighted by Gasteiger charge is 2.33. The number of ether oxygens (including phenoxy) is 1. The minimum absolute atomic E-state index is 0.0210. The maximum atomic E-state index is 13.4. The van der Waals surface area contributed by atoms with Gasteiger partial charge in [-0.25, -0.2) is 8.42 Å². The lowest BCUT2D eigenvalue weighted by molar-refractivity contribution is 0.0736. The van der Waals surface area contributed by atoms with E-state index in [0.29, 0.717) is 31.1 Å². The summed E-state index contributed by atoms with van der Waals surface area (Å²) in [5.74, 6) is 0.947. The number of likely N-dealkylation sites (tertiary alicyclic amines) is 1. The van der Waals surface area contributed by atoms with Gasteiger partial charge in [-0.2, -0.15) is 4.31 Å². The zero-order chi connectivity index (χ0) is 23.6. The van der Waals surface area contributed by atoms with E-state index in [1.165, 1.54) is 16.4 Å². The Morgan fingerprint density at radius 2 is 1.91 bits per heavy atom. The molecule has 0 N–H and O–H groups in total. The van der Waals surface area contributed by atoms with Gasteiger partial charge in [-0.1, -0.05) is 30.7 Å². The van der Waals surface area contributed by atoms with Gasteiger partial charge >= 0.3 is 0 Å². The second kappa shape index (κ2) is 10.0. The van der Waals surface area contributed by atoms with E-state index in [1.807, 2.05) is 29.2 Å². The Morgan fingerprint density at radius 3 is 2.67 bits per heavy atom. The SMILES string of the molecule is COc1cccc(CC2CCCN2C(=O)c2ccc(Cl)c(S(=O)(=O)N3CCCC(C)C3)c2)c1. The van der Waals surface area contributed by atoms with E-state index in [4.69, 9.17) is 16.3 Å². The Bertz CT molecular complexity index is 1120. The van der Waals surface area contributed by atoms with E-state index in [-0.39, 0.29) is 21.9 Å². The molecule has 6 nitrogen and oxygen atoms in total. The van der Waals surface area contributed by atoms with Gasteiger partial charge in [-0.15, -0.1) is 0 Å². The lowest BCUT2D eigenvalue weighted by Gasteiger charge is -2.30. The van der Waals surface area contributed by atoms with Crippen LogP contribution in [-0.4, -0.2) is 56.3 Å². The fourth-order valence-corrected chi connectivity index (χ4v) is 6.99. The zero-order valence-electron chi connectivity index (χ0n) is 19.2. The van der Waals surface area contributed by atoms with Gasteiger partial charge in [0.25, 0.3) is 5.91 Å². The number of hydrogen-bond acceptors (Lipinski definition) is 4. The predicted molar refractivity (Wildman–Crippen MR) is 129 cm³/mol. The topological polar surface area (TPSA) is 66.9 Å². The largest absolute Gasteiger partial charge is 0.497 e. The van der Waals surface area contributed by atoms with Gasteiger partial charge in [0, 0.05) is 31.2 Å². The van der Waals surface area contributed by atoms with Crippen molar-refractivity contribution in [1.82, 2.24) is 9.21 Å². The van der Waals surface area contributed by atoms with Gasteiger partial charge < -0.3 is 9.64 Å². The Morgan fingerprint density at radius 1 is 1.12 bits per heavy atom. The molecule has 0 aliphatic carbocycles. The van der Waals surface area contributed by atoms with Crippen molar-refractivity contribution in [2.75, 3.05) is 26.7 Å². The number of hydrogen-bond donors (Lipinski definition) is 0. The highest BCUT2D eigenvalue weighted by Crippen LogP contribution is 2.31. The highest BCUT2D eigenvalue weighted by molar-refractivity contribution is 7.89. The van der Waals surface area contributed by atoms with E-state index in [2.05, 4.69) is 6.92 Å². The van der Waals surface area contributed by atoms with Crippen molar-refractivity contribution in [3.05, 3.63) is 58.6 Å². The Kier molecular flexibility index (Phi) is 7.31. The minimum Gasteiger partial charge on any atom is -0.497 e. The van der Waals surface area contributed by atoms with E-state index in [1.54, 1.807) is 13.2 Å². The summed E-state index contributed by atoms with van der Waals surface area (Å²) in [4.78, 5) is 15.3. The summed E-state index contributed by atoms with van der Waals surface area (Å²) >= 11 is 6.32. The molecular formula is C25H31ClN2O4S. The molecule has 0 spiro atoms. The number of piperidine rings is 1.